The molecule has 0 atom stereocenters. The number of benzene rings is 1. The zero-order valence-corrected chi connectivity index (χ0v) is 19.4. The average Bonchev–Trinajstić information content (AvgIpc) is 3.51. The van der Waals surface area contributed by atoms with Crippen LogP contribution in [0.5, 0.6) is 17.5 Å². The summed E-state index contributed by atoms with van der Waals surface area (Å²) in [7, 11) is 0. The molecule has 0 saturated heterocycles. The highest BCUT2D eigenvalue weighted by Gasteiger charge is 2.26. The minimum atomic E-state index is -0.0423. The van der Waals surface area contributed by atoms with E-state index in [4.69, 9.17) is 9.47 Å². The first-order valence-electron chi connectivity index (χ1n) is 11.0. The summed E-state index contributed by atoms with van der Waals surface area (Å²) in [5, 5.41) is 0. The molecule has 1 fully saturated rings. The number of ether oxygens (including phenoxy) is 2. The lowest BCUT2D eigenvalue weighted by Crippen LogP contribution is -2.14. The van der Waals surface area contributed by atoms with Crippen molar-refractivity contribution in [2.45, 2.75) is 71.3 Å². The van der Waals surface area contributed by atoms with Gasteiger partial charge in [0, 0.05) is 30.1 Å². The Balaban J connectivity index is 1.65. The Hall–Kier alpha value is -2.88. The summed E-state index contributed by atoms with van der Waals surface area (Å²) in [4.78, 5) is 8.99. The predicted molar refractivity (Wildman–Crippen MR) is 125 cm³/mol. The van der Waals surface area contributed by atoms with Crippen LogP contribution in [0, 0.1) is 0 Å². The minimum absolute atomic E-state index is 0.0421. The molecule has 2 heterocycles. The van der Waals surface area contributed by atoms with E-state index >= 15 is 0 Å². The van der Waals surface area contributed by atoms with Crippen LogP contribution in [0.3, 0.4) is 0 Å². The van der Waals surface area contributed by atoms with E-state index in [0.717, 1.165) is 29.7 Å². The maximum absolute atomic E-state index is 6.13. The largest absolute Gasteiger partial charge is 0.474 e. The van der Waals surface area contributed by atoms with Crippen LogP contribution in [0.15, 0.2) is 54.9 Å². The van der Waals surface area contributed by atoms with E-state index in [1.165, 1.54) is 11.1 Å². The molecule has 4 rings (SSSR count). The second-order valence-electron chi connectivity index (χ2n) is 10.4. The van der Waals surface area contributed by atoms with Crippen molar-refractivity contribution in [3.63, 3.8) is 0 Å². The molecule has 0 unspecified atom stereocenters. The van der Waals surface area contributed by atoms with Gasteiger partial charge in [-0.25, -0.2) is 9.97 Å². The SMILES string of the molecule is CC(C)(C)c1ccnc(Oc2cccc(-c3cnc(OC4CC4)cc3C(C)(C)C)c2)c1. The lowest BCUT2D eigenvalue weighted by atomic mass is 9.82. The highest BCUT2D eigenvalue weighted by Crippen LogP contribution is 2.37. The molecular formula is C27H32N2O2. The zero-order valence-electron chi connectivity index (χ0n) is 19.4. The smallest absolute Gasteiger partial charge is 0.219 e. The van der Waals surface area contributed by atoms with Gasteiger partial charge in [-0.1, -0.05) is 53.7 Å². The van der Waals surface area contributed by atoms with Gasteiger partial charge in [-0.3, -0.25) is 0 Å². The van der Waals surface area contributed by atoms with Gasteiger partial charge in [0.2, 0.25) is 11.8 Å². The van der Waals surface area contributed by atoms with E-state index in [1.807, 2.05) is 30.5 Å². The maximum Gasteiger partial charge on any atom is 0.219 e. The molecular weight excluding hydrogens is 384 g/mol. The minimum Gasteiger partial charge on any atom is -0.474 e. The molecule has 1 aliphatic rings. The Morgan fingerprint density at radius 3 is 2.29 bits per heavy atom. The molecule has 0 amide bonds. The fourth-order valence-corrected chi connectivity index (χ4v) is 3.49. The molecule has 1 aromatic carbocycles. The molecule has 0 aliphatic heterocycles. The molecule has 0 radical (unpaired) electrons. The van der Waals surface area contributed by atoms with E-state index in [0.29, 0.717) is 17.9 Å². The van der Waals surface area contributed by atoms with E-state index in [9.17, 15) is 0 Å². The Morgan fingerprint density at radius 1 is 0.839 bits per heavy atom. The van der Waals surface area contributed by atoms with Crippen LogP contribution in [0.1, 0.15) is 65.5 Å². The summed E-state index contributed by atoms with van der Waals surface area (Å²) in [6.07, 6.45) is 6.31. The second-order valence-corrected chi connectivity index (χ2v) is 10.4. The lowest BCUT2D eigenvalue weighted by Gasteiger charge is -2.24. The van der Waals surface area contributed by atoms with Crippen molar-refractivity contribution in [3.8, 4) is 28.6 Å². The van der Waals surface area contributed by atoms with Crippen LogP contribution in [-0.4, -0.2) is 16.1 Å². The first-order valence-corrected chi connectivity index (χ1v) is 11.0. The van der Waals surface area contributed by atoms with Crippen LogP contribution < -0.4 is 9.47 Å². The Kier molecular flexibility index (Phi) is 5.50. The van der Waals surface area contributed by atoms with Crippen LogP contribution in [0.4, 0.5) is 0 Å². The van der Waals surface area contributed by atoms with Crippen molar-refractivity contribution in [1.29, 1.82) is 0 Å². The highest BCUT2D eigenvalue weighted by molar-refractivity contribution is 5.70. The Labute approximate surface area is 185 Å². The lowest BCUT2D eigenvalue weighted by molar-refractivity contribution is 0.290. The van der Waals surface area contributed by atoms with Crippen molar-refractivity contribution in [1.82, 2.24) is 9.97 Å². The van der Waals surface area contributed by atoms with Gasteiger partial charge >= 0.3 is 0 Å². The van der Waals surface area contributed by atoms with Crippen molar-refractivity contribution in [2.75, 3.05) is 0 Å². The molecule has 0 bridgehead atoms. The third-order valence-corrected chi connectivity index (χ3v) is 5.47. The first-order chi connectivity index (χ1) is 14.6. The van der Waals surface area contributed by atoms with Crippen molar-refractivity contribution in [2.24, 2.45) is 0 Å². The summed E-state index contributed by atoms with van der Waals surface area (Å²) in [6.45, 7) is 13.2. The van der Waals surface area contributed by atoms with Gasteiger partial charge in [0.25, 0.3) is 0 Å². The van der Waals surface area contributed by atoms with E-state index in [-0.39, 0.29) is 10.8 Å². The Morgan fingerprint density at radius 2 is 1.61 bits per heavy atom. The molecule has 1 aliphatic carbocycles. The van der Waals surface area contributed by atoms with Gasteiger partial charge in [-0.05, 0) is 58.6 Å². The van der Waals surface area contributed by atoms with Crippen LogP contribution in [0.25, 0.3) is 11.1 Å². The number of aromatic nitrogens is 2. The number of rotatable bonds is 5. The molecule has 0 N–H and O–H groups in total. The molecule has 31 heavy (non-hydrogen) atoms. The zero-order chi connectivity index (χ0) is 22.2. The number of hydrogen-bond acceptors (Lipinski definition) is 4. The molecule has 3 aromatic rings. The summed E-state index contributed by atoms with van der Waals surface area (Å²) >= 11 is 0. The standard InChI is InChI=1S/C27H32N2O2/c1-26(2,3)19-12-13-28-24(15-19)31-21-9-7-8-18(14-21)22-17-29-25(30-20-10-11-20)16-23(22)27(4,5)6/h7-9,12-17,20H,10-11H2,1-6H3. The maximum atomic E-state index is 6.13. The molecule has 0 spiro atoms. The summed E-state index contributed by atoms with van der Waals surface area (Å²) in [5.74, 6) is 2.08. The summed E-state index contributed by atoms with van der Waals surface area (Å²) in [5.41, 5.74) is 4.57. The molecule has 1 saturated carbocycles. The van der Waals surface area contributed by atoms with Gasteiger partial charge in [-0.15, -0.1) is 0 Å². The van der Waals surface area contributed by atoms with Crippen molar-refractivity contribution in [3.05, 3.63) is 66.0 Å². The number of pyridine rings is 2. The fraction of sp³-hybridized carbons (Fsp3) is 0.407. The number of hydrogen-bond donors (Lipinski definition) is 0. The van der Waals surface area contributed by atoms with Gasteiger partial charge in [0.15, 0.2) is 0 Å². The van der Waals surface area contributed by atoms with Crippen molar-refractivity contribution >= 4 is 0 Å². The normalized spacial score (nSPS) is 14.4. The molecule has 4 heteroatoms. The van der Waals surface area contributed by atoms with Crippen LogP contribution in [0.2, 0.25) is 0 Å². The number of nitrogens with zero attached hydrogens (tertiary/aromatic N) is 2. The Bertz CT molecular complexity index is 1070. The summed E-state index contributed by atoms with van der Waals surface area (Å²) < 4.78 is 12.1. The monoisotopic (exact) mass is 416 g/mol. The molecule has 2 aromatic heterocycles. The molecule has 4 nitrogen and oxygen atoms in total. The fourth-order valence-electron chi connectivity index (χ4n) is 3.49. The predicted octanol–water partition coefficient (Wildman–Crippen LogP) is 7.07. The summed E-state index contributed by atoms with van der Waals surface area (Å²) in [6, 6.07) is 14.3. The second kappa shape index (κ2) is 7.99. The van der Waals surface area contributed by atoms with E-state index in [1.54, 1.807) is 6.20 Å². The van der Waals surface area contributed by atoms with Gasteiger partial charge < -0.3 is 9.47 Å². The third kappa shape index (κ3) is 5.25. The van der Waals surface area contributed by atoms with Crippen molar-refractivity contribution < 1.29 is 9.47 Å². The third-order valence-electron chi connectivity index (χ3n) is 5.47. The van der Waals surface area contributed by atoms with Crippen LogP contribution >= 0.6 is 0 Å². The van der Waals surface area contributed by atoms with E-state index < -0.39 is 0 Å². The quantitative estimate of drug-likeness (QED) is 0.446. The topological polar surface area (TPSA) is 44.2 Å². The highest BCUT2D eigenvalue weighted by atomic mass is 16.5. The van der Waals surface area contributed by atoms with Crippen LogP contribution in [-0.2, 0) is 10.8 Å². The average molecular weight is 417 g/mol. The van der Waals surface area contributed by atoms with Gasteiger partial charge in [-0.2, -0.15) is 0 Å². The van der Waals surface area contributed by atoms with Gasteiger partial charge in [0.1, 0.15) is 11.9 Å². The molecule has 162 valence electrons. The van der Waals surface area contributed by atoms with E-state index in [2.05, 4.69) is 69.7 Å². The van der Waals surface area contributed by atoms with Gasteiger partial charge in [0.05, 0.1) is 0 Å². The first kappa shape index (κ1) is 21.4.